The van der Waals surface area contributed by atoms with Crippen molar-refractivity contribution in [2.45, 2.75) is 64.7 Å². The molecule has 8 aromatic rings. The van der Waals surface area contributed by atoms with Crippen molar-refractivity contribution in [2.24, 2.45) is 17.8 Å². The predicted molar refractivity (Wildman–Crippen MR) is 228 cm³/mol. The number of para-hydroxylation sites is 1. The lowest BCUT2D eigenvalue weighted by Gasteiger charge is -2.35. The summed E-state index contributed by atoms with van der Waals surface area (Å²) >= 11 is 0. The highest BCUT2D eigenvalue weighted by molar-refractivity contribution is 6.08. The molecule has 0 amide bonds. The zero-order valence-electron chi connectivity index (χ0n) is 32.1. The van der Waals surface area contributed by atoms with Crippen LogP contribution < -0.4 is 0 Å². The molecule has 0 aliphatic heterocycles. The first kappa shape index (κ1) is 35.7. The SMILES string of the molecule is Cc1ccc2c(n1)oc1c(-c3ccc(CCC4CC(CCc5ccc(-c6ccccc6)nc5)CC(CCc5ccc(-c6ccccc6)nc5)C4)cn3)cccc12. The Balaban J connectivity index is 0.865. The van der Waals surface area contributed by atoms with Crippen molar-refractivity contribution in [3.8, 4) is 33.8 Å². The van der Waals surface area contributed by atoms with Crippen LogP contribution in [0.2, 0.25) is 0 Å². The fourth-order valence-electron chi connectivity index (χ4n) is 8.93. The molecular formula is C51H48N4O. The number of aromatic nitrogens is 4. The van der Waals surface area contributed by atoms with Gasteiger partial charge in [0.2, 0.25) is 5.71 Å². The van der Waals surface area contributed by atoms with Gasteiger partial charge >= 0.3 is 0 Å². The fourth-order valence-corrected chi connectivity index (χ4v) is 8.93. The third kappa shape index (κ3) is 8.18. The molecule has 2 unspecified atom stereocenters. The molecule has 1 fully saturated rings. The molecule has 0 spiro atoms. The van der Waals surface area contributed by atoms with Gasteiger partial charge in [0.05, 0.1) is 17.1 Å². The minimum atomic E-state index is 0.684. The van der Waals surface area contributed by atoms with Crippen molar-refractivity contribution in [1.29, 1.82) is 0 Å². The molecule has 9 rings (SSSR count). The van der Waals surface area contributed by atoms with Crippen LogP contribution in [0, 0.1) is 24.7 Å². The van der Waals surface area contributed by atoms with Gasteiger partial charge in [-0.05, 0) is 136 Å². The number of benzene rings is 3. The van der Waals surface area contributed by atoms with Crippen LogP contribution in [0.25, 0.3) is 55.8 Å². The summed E-state index contributed by atoms with van der Waals surface area (Å²) in [7, 11) is 0. The first-order valence-electron chi connectivity index (χ1n) is 20.4. The number of rotatable bonds is 12. The maximum absolute atomic E-state index is 6.28. The molecule has 278 valence electrons. The van der Waals surface area contributed by atoms with Gasteiger partial charge in [-0.2, -0.15) is 0 Å². The molecule has 5 heteroatoms. The van der Waals surface area contributed by atoms with E-state index in [1.54, 1.807) is 0 Å². The van der Waals surface area contributed by atoms with Gasteiger partial charge in [-0.1, -0.05) is 91.0 Å². The number of hydrogen-bond acceptors (Lipinski definition) is 5. The van der Waals surface area contributed by atoms with Gasteiger partial charge < -0.3 is 4.42 Å². The zero-order chi connectivity index (χ0) is 37.7. The first-order chi connectivity index (χ1) is 27.6. The fraction of sp³-hybridized carbons (Fsp3) is 0.255. The first-order valence-corrected chi connectivity index (χ1v) is 20.4. The average Bonchev–Trinajstić information content (AvgIpc) is 3.63. The summed E-state index contributed by atoms with van der Waals surface area (Å²) in [6.45, 7) is 2.00. The van der Waals surface area contributed by atoms with Crippen LogP contribution in [0.4, 0.5) is 0 Å². The van der Waals surface area contributed by atoms with E-state index in [-0.39, 0.29) is 0 Å². The lowest BCUT2D eigenvalue weighted by Crippen LogP contribution is -2.24. The molecule has 3 aromatic carbocycles. The topological polar surface area (TPSA) is 64.7 Å². The third-order valence-corrected chi connectivity index (χ3v) is 11.9. The Labute approximate surface area is 329 Å². The smallest absolute Gasteiger partial charge is 0.227 e. The molecule has 1 aliphatic rings. The molecule has 1 aliphatic carbocycles. The van der Waals surface area contributed by atoms with E-state index < -0.39 is 0 Å². The largest absolute Gasteiger partial charge is 0.437 e. The molecule has 0 radical (unpaired) electrons. The highest BCUT2D eigenvalue weighted by atomic mass is 16.3. The van der Waals surface area contributed by atoms with Crippen molar-refractivity contribution in [3.63, 3.8) is 0 Å². The number of nitrogens with zero attached hydrogens (tertiary/aromatic N) is 4. The van der Waals surface area contributed by atoms with E-state index in [2.05, 4.69) is 145 Å². The lowest BCUT2D eigenvalue weighted by atomic mass is 9.70. The van der Waals surface area contributed by atoms with E-state index in [1.807, 2.05) is 13.0 Å². The Bertz CT molecular complexity index is 2420. The summed E-state index contributed by atoms with van der Waals surface area (Å²) in [6.07, 6.45) is 17.0. The molecular weight excluding hydrogens is 685 g/mol. The van der Waals surface area contributed by atoms with E-state index in [0.29, 0.717) is 23.5 Å². The third-order valence-electron chi connectivity index (χ3n) is 11.9. The van der Waals surface area contributed by atoms with Gasteiger partial charge in [0.25, 0.3) is 0 Å². The standard InChI is InChI=1S/C51H48N4O/c1-35-15-25-45-44-13-8-14-46(50(44)56-51(45)55-35)49-28-24-38(34-54-49)18-21-41-30-39(19-16-36-22-26-47(52-32-36)42-9-4-2-5-10-42)29-40(31-41)20-17-37-23-27-48(53-33-37)43-11-6-3-7-12-43/h2-15,22-28,32-34,39-41H,16-21,29-31H2,1H3. The van der Waals surface area contributed by atoms with Crippen LogP contribution >= 0.6 is 0 Å². The van der Waals surface area contributed by atoms with Crippen LogP contribution in [0.3, 0.4) is 0 Å². The van der Waals surface area contributed by atoms with Crippen molar-refractivity contribution in [1.82, 2.24) is 19.9 Å². The summed E-state index contributed by atoms with van der Waals surface area (Å²) in [4.78, 5) is 19.2. The highest BCUT2D eigenvalue weighted by Gasteiger charge is 2.28. The highest BCUT2D eigenvalue weighted by Crippen LogP contribution is 2.40. The Morgan fingerprint density at radius 2 is 0.982 bits per heavy atom. The van der Waals surface area contributed by atoms with Gasteiger partial charge in [-0.25, -0.2) is 4.98 Å². The Morgan fingerprint density at radius 3 is 1.46 bits per heavy atom. The Morgan fingerprint density at radius 1 is 0.482 bits per heavy atom. The number of fused-ring (bicyclic) bond motifs is 3. The summed E-state index contributed by atoms with van der Waals surface area (Å²) < 4.78 is 6.28. The molecule has 5 aromatic heterocycles. The van der Waals surface area contributed by atoms with E-state index in [4.69, 9.17) is 19.4 Å². The number of furan rings is 1. The van der Waals surface area contributed by atoms with E-state index >= 15 is 0 Å². The summed E-state index contributed by atoms with van der Waals surface area (Å²) in [5.74, 6) is 2.14. The Hall–Kier alpha value is -5.94. The second-order valence-electron chi connectivity index (χ2n) is 15.9. The van der Waals surface area contributed by atoms with Crippen molar-refractivity contribution in [3.05, 3.63) is 168 Å². The lowest BCUT2D eigenvalue weighted by molar-refractivity contribution is 0.172. The Kier molecular flexibility index (Phi) is 10.5. The van der Waals surface area contributed by atoms with Crippen LogP contribution in [-0.2, 0) is 19.3 Å². The second kappa shape index (κ2) is 16.4. The zero-order valence-corrected chi connectivity index (χ0v) is 32.1. The number of hydrogen-bond donors (Lipinski definition) is 0. The van der Waals surface area contributed by atoms with Crippen LogP contribution in [0.1, 0.15) is 60.9 Å². The molecule has 0 N–H and O–H groups in total. The molecule has 2 atom stereocenters. The van der Waals surface area contributed by atoms with Gasteiger partial charge in [0.1, 0.15) is 5.58 Å². The quantitative estimate of drug-likeness (QED) is 0.125. The number of pyridine rings is 4. The number of aryl methyl sites for hydroxylation is 4. The summed E-state index contributed by atoms with van der Waals surface area (Å²) in [5.41, 5.74) is 12.8. The summed E-state index contributed by atoms with van der Waals surface area (Å²) in [5, 5.41) is 2.13. The van der Waals surface area contributed by atoms with E-state index in [1.165, 1.54) is 66.3 Å². The van der Waals surface area contributed by atoms with E-state index in [0.717, 1.165) is 64.0 Å². The summed E-state index contributed by atoms with van der Waals surface area (Å²) in [6, 6.07) is 44.7. The van der Waals surface area contributed by atoms with E-state index in [9.17, 15) is 0 Å². The molecule has 0 saturated heterocycles. The maximum Gasteiger partial charge on any atom is 0.227 e. The van der Waals surface area contributed by atoms with Crippen LogP contribution in [-0.4, -0.2) is 19.9 Å². The molecule has 0 bridgehead atoms. The van der Waals surface area contributed by atoms with Crippen molar-refractivity contribution < 1.29 is 4.42 Å². The molecule has 5 nitrogen and oxygen atoms in total. The van der Waals surface area contributed by atoms with Crippen molar-refractivity contribution >= 4 is 22.1 Å². The average molecular weight is 733 g/mol. The molecule has 5 heterocycles. The van der Waals surface area contributed by atoms with Crippen molar-refractivity contribution in [2.75, 3.05) is 0 Å². The molecule has 1 saturated carbocycles. The maximum atomic E-state index is 6.28. The second-order valence-corrected chi connectivity index (χ2v) is 15.9. The normalized spacial score (nSPS) is 17.1. The van der Waals surface area contributed by atoms with Gasteiger partial charge in [0.15, 0.2) is 0 Å². The van der Waals surface area contributed by atoms with Gasteiger partial charge in [-0.15, -0.1) is 0 Å². The van der Waals surface area contributed by atoms with Gasteiger partial charge in [0, 0.05) is 51.7 Å². The van der Waals surface area contributed by atoms with Crippen LogP contribution in [0.15, 0.2) is 150 Å². The monoisotopic (exact) mass is 732 g/mol. The predicted octanol–water partition coefficient (Wildman–Crippen LogP) is 12.7. The van der Waals surface area contributed by atoms with Gasteiger partial charge in [-0.3, -0.25) is 15.0 Å². The minimum Gasteiger partial charge on any atom is -0.437 e. The molecule has 56 heavy (non-hydrogen) atoms. The van der Waals surface area contributed by atoms with Crippen LogP contribution in [0.5, 0.6) is 0 Å². The minimum absolute atomic E-state index is 0.684.